The van der Waals surface area contributed by atoms with E-state index in [1.54, 1.807) is 19.3 Å². The van der Waals surface area contributed by atoms with Crippen LogP contribution in [0.5, 0.6) is 0 Å². The van der Waals surface area contributed by atoms with Gasteiger partial charge in [0.25, 0.3) is 5.56 Å². The lowest BCUT2D eigenvalue weighted by Gasteiger charge is -1.99. The fraction of sp³-hybridized carbons (Fsp3) is 0.111. The summed E-state index contributed by atoms with van der Waals surface area (Å²) in [7, 11) is 1.62. The van der Waals surface area contributed by atoms with Gasteiger partial charge in [-0.2, -0.15) is 0 Å². The number of pyridine rings is 1. The van der Waals surface area contributed by atoms with Crippen molar-refractivity contribution in [2.45, 2.75) is 0 Å². The van der Waals surface area contributed by atoms with Crippen LogP contribution in [0.1, 0.15) is 10.4 Å². The molecule has 0 spiro atoms. The molecule has 0 aliphatic rings. The zero-order valence-electron chi connectivity index (χ0n) is 7.07. The maximum Gasteiger partial charge on any atom is 0.274 e. The van der Waals surface area contributed by atoms with E-state index in [-0.39, 0.29) is 5.56 Å². The molecule has 0 saturated heterocycles. The van der Waals surface area contributed by atoms with E-state index < -0.39 is 0 Å². The summed E-state index contributed by atoms with van der Waals surface area (Å²) >= 11 is 0. The number of carbonyl (C=O) groups is 1. The molecule has 13 heavy (non-hydrogen) atoms. The van der Waals surface area contributed by atoms with Crippen LogP contribution >= 0.6 is 0 Å². The molecule has 0 amide bonds. The number of nitrogens with zero attached hydrogens (tertiary/aromatic N) is 1. The summed E-state index contributed by atoms with van der Waals surface area (Å²) in [4.78, 5) is 24.9. The topological polar surface area (TPSA) is 54.9 Å². The molecule has 0 bridgehead atoms. The van der Waals surface area contributed by atoms with Crippen molar-refractivity contribution in [3.8, 4) is 0 Å². The number of hydrogen-bond donors (Lipinski definition) is 1. The fourth-order valence-corrected chi connectivity index (χ4v) is 1.39. The molecular weight excluding hydrogens is 168 g/mol. The van der Waals surface area contributed by atoms with Gasteiger partial charge in [-0.15, -0.1) is 0 Å². The lowest BCUT2D eigenvalue weighted by molar-refractivity contribution is 0.112. The molecular formula is C9H8N2O2. The first-order valence-corrected chi connectivity index (χ1v) is 3.86. The Morgan fingerprint density at radius 3 is 3.00 bits per heavy atom. The molecule has 0 unspecified atom stereocenters. The van der Waals surface area contributed by atoms with E-state index in [0.717, 1.165) is 6.29 Å². The predicted octanol–water partition coefficient (Wildman–Crippen LogP) is 0.679. The van der Waals surface area contributed by atoms with Gasteiger partial charge in [0.2, 0.25) is 0 Å². The fourth-order valence-electron chi connectivity index (χ4n) is 1.39. The Morgan fingerprint density at radius 1 is 1.54 bits per heavy atom. The zero-order valence-corrected chi connectivity index (χ0v) is 7.07. The number of aromatic amines is 1. The van der Waals surface area contributed by atoms with E-state index in [2.05, 4.69) is 4.98 Å². The zero-order chi connectivity index (χ0) is 9.42. The number of aryl methyl sites for hydroxylation is 1. The summed E-state index contributed by atoms with van der Waals surface area (Å²) in [5.41, 5.74) is 0.885. The van der Waals surface area contributed by atoms with Crippen LogP contribution in [0.15, 0.2) is 23.3 Å². The Hall–Kier alpha value is -1.84. The van der Waals surface area contributed by atoms with Gasteiger partial charge in [-0.25, -0.2) is 0 Å². The van der Waals surface area contributed by atoms with Crippen LogP contribution in [0.25, 0.3) is 10.9 Å². The minimum absolute atomic E-state index is 0.120. The standard InChI is InChI=1S/C9H8N2O2/c1-11-4-6(5-12)7-2-3-10-8(7)9(11)13/h2-5,10H,1H3. The number of nitrogens with one attached hydrogen (secondary N) is 1. The Kier molecular flexibility index (Phi) is 1.55. The number of carbonyl (C=O) groups excluding carboxylic acids is 1. The van der Waals surface area contributed by atoms with E-state index in [0.29, 0.717) is 16.5 Å². The number of aromatic nitrogens is 2. The number of H-pyrrole nitrogens is 1. The van der Waals surface area contributed by atoms with Gasteiger partial charge in [-0.1, -0.05) is 0 Å². The van der Waals surface area contributed by atoms with Crippen LogP contribution in [0.4, 0.5) is 0 Å². The van der Waals surface area contributed by atoms with Gasteiger partial charge < -0.3 is 9.55 Å². The highest BCUT2D eigenvalue weighted by Crippen LogP contribution is 2.11. The lowest BCUT2D eigenvalue weighted by atomic mass is 10.2. The third-order valence-electron chi connectivity index (χ3n) is 2.05. The quantitative estimate of drug-likeness (QED) is 0.649. The van der Waals surface area contributed by atoms with Crippen LogP contribution < -0.4 is 5.56 Å². The van der Waals surface area contributed by atoms with Crippen LogP contribution in [-0.2, 0) is 7.05 Å². The van der Waals surface area contributed by atoms with Crippen molar-refractivity contribution in [2.24, 2.45) is 7.05 Å². The predicted molar refractivity (Wildman–Crippen MR) is 48.9 cm³/mol. The average molecular weight is 176 g/mol. The van der Waals surface area contributed by atoms with Crippen molar-refractivity contribution in [1.82, 2.24) is 9.55 Å². The molecule has 0 aromatic carbocycles. The highest BCUT2D eigenvalue weighted by atomic mass is 16.1. The Morgan fingerprint density at radius 2 is 2.31 bits per heavy atom. The maximum absolute atomic E-state index is 11.5. The molecule has 0 atom stereocenters. The van der Waals surface area contributed by atoms with E-state index in [4.69, 9.17) is 0 Å². The van der Waals surface area contributed by atoms with Gasteiger partial charge in [0.05, 0.1) is 0 Å². The van der Waals surface area contributed by atoms with Gasteiger partial charge in [0.15, 0.2) is 6.29 Å². The van der Waals surface area contributed by atoms with Crippen molar-refractivity contribution < 1.29 is 4.79 Å². The highest BCUT2D eigenvalue weighted by molar-refractivity contribution is 5.95. The van der Waals surface area contributed by atoms with E-state index in [1.165, 1.54) is 10.8 Å². The first kappa shape index (κ1) is 7.79. The van der Waals surface area contributed by atoms with E-state index in [9.17, 15) is 9.59 Å². The molecule has 4 nitrogen and oxygen atoms in total. The minimum Gasteiger partial charge on any atom is -0.357 e. The maximum atomic E-state index is 11.5. The Labute approximate surface area is 73.8 Å². The van der Waals surface area contributed by atoms with Crippen LogP contribution in [0, 0.1) is 0 Å². The molecule has 2 heterocycles. The van der Waals surface area contributed by atoms with E-state index >= 15 is 0 Å². The normalized spacial score (nSPS) is 10.5. The second-order valence-electron chi connectivity index (χ2n) is 2.88. The van der Waals surface area contributed by atoms with Crippen molar-refractivity contribution in [2.75, 3.05) is 0 Å². The number of fused-ring (bicyclic) bond motifs is 1. The summed E-state index contributed by atoms with van der Waals surface area (Å²) < 4.78 is 1.39. The molecule has 66 valence electrons. The number of hydrogen-bond acceptors (Lipinski definition) is 2. The highest BCUT2D eigenvalue weighted by Gasteiger charge is 2.06. The largest absolute Gasteiger partial charge is 0.357 e. The van der Waals surface area contributed by atoms with Crippen LogP contribution in [-0.4, -0.2) is 15.8 Å². The average Bonchev–Trinajstić information content (AvgIpc) is 2.60. The molecule has 1 N–H and O–H groups in total. The molecule has 0 aliphatic carbocycles. The van der Waals surface area contributed by atoms with Crippen molar-refractivity contribution in [3.63, 3.8) is 0 Å². The second kappa shape index (κ2) is 2.58. The second-order valence-corrected chi connectivity index (χ2v) is 2.88. The minimum atomic E-state index is -0.120. The molecule has 0 saturated carbocycles. The third-order valence-corrected chi connectivity index (χ3v) is 2.05. The lowest BCUT2D eigenvalue weighted by Crippen LogP contribution is -2.17. The van der Waals surface area contributed by atoms with Gasteiger partial charge in [0.1, 0.15) is 5.52 Å². The Bertz CT molecular complexity index is 522. The Balaban J connectivity index is 3.04. The SMILES string of the molecule is Cn1cc(C=O)c2cc[nH]c2c1=O. The van der Waals surface area contributed by atoms with E-state index in [1.807, 2.05) is 0 Å². The smallest absolute Gasteiger partial charge is 0.274 e. The summed E-state index contributed by atoms with van der Waals surface area (Å²) in [6.07, 6.45) is 3.93. The molecule has 2 aromatic heterocycles. The van der Waals surface area contributed by atoms with Crippen molar-refractivity contribution in [3.05, 3.63) is 34.4 Å². The molecule has 0 aliphatic heterocycles. The molecule has 0 fully saturated rings. The van der Waals surface area contributed by atoms with Crippen LogP contribution in [0.2, 0.25) is 0 Å². The first-order chi connectivity index (χ1) is 6.24. The van der Waals surface area contributed by atoms with Crippen LogP contribution in [0.3, 0.4) is 0 Å². The molecule has 0 radical (unpaired) electrons. The monoisotopic (exact) mass is 176 g/mol. The van der Waals surface area contributed by atoms with Gasteiger partial charge in [-0.05, 0) is 6.07 Å². The van der Waals surface area contributed by atoms with Gasteiger partial charge >= 0.3 is 0 Å². The first-order valence-electron chi connectivity index (χ1n) is 3.86. The van der Waals surface area contributed by atoms with Gasteiger partial charge in [0, 0.05) is 30.4 Å². The summed E-state index contributed by atoms with van der Waals surface area (Å²) in [6, 6.07) is 1.72. The van der Waals surface area contributed by atoms with Gasteiger partial charge in [-0.3, -0.25) is 9.59 Å². The molecule has 2 aromatic rings. The molecule has 2 rings (SSSR count). The summed E-state index contributed by atoms with van der Waals surface area (Å²) in [5.74, 6) is 0. The number of rotatable bonds is 1. The molecule has 4 heteroatoms. The number of aldehydes is 1. The summed E-state index contributed by atoms with van der Waals surface area (Å²) in [5, 5.41) is 0.679. The van der Waals surface area contributed by atoms with Crippen molar-refractivity contribution in [1.29, 1.82) is 0 Å². The van der Waals surface area contributed by atoms with Crippen molar-refractivity contribution >= 4 is 17.2 Å². The summed E-state index contributed by atoms with van der Waals surface area (Å²) in [6.45, 7) is 0. The third kappa shape index (κ3) is 0.989.